The van der Waals surface area contributed by atoms with Gasteiger partial charge in [-0.3, -0.25) is 4.68 Å². The molecule has 11 heteroatoms. The summed E-state index contributed by atoms with van der Waals surface area (Å²) in [5, 5.41) is 18.4. The minimum absolute atomic E-state index is 0.0231. The van der Waals surface area contributed by atoms with E-state index in [1.165, 1.54) is 28.9 Å². The average Bonchev–Trinajstić information content (AvgIpc) is 3.53. The fraction of sp³-hybridized carbons (Fsp3) is 0.333. The van der Waals surface area contributed by atoms with Gasteiger partial charge in [-0.2, -0.15) is 15.5 Å². The van der Waals surface area contributed by atoms with Crippen LogP contribution in [0, 0.1) is 23.0 Å². The standard InChI is InChI=1S/C27H26F2N6O2S/c1-27(2,3)37-26(36)33-9-5-6-20(16-33)34-15-19(13-31-34)17-10-23(24-18(11-30)12-32-35(24)14-17)38-25-21(28)7-4-8-22(25)29/h4,7-8,10,12-15,20H,5-6,9,16H2,1-3H3/t20-/m0/s1. The molecule has 1 fully saturated rings. The second-order valence-corrected chi connectivity index (χ2v) is 11.2. The van der Waals surface area contributed by atoms with Crippen molar-refractivity contribution in [2.45, 2.75) is 55.0 Å². The van der Waals surface area contributed by atoms with E-state index in [4.69, 9.17) is 4.74 Å². The van der Waals surface area contributed by atoms with Crippen molar-refractivity contribution in [3.8, 4) is 17.2 Å². The number of carbonyl (C=O) groups excluding carboxylic acids is 1. The van der Waals surface area contributed by atoms with Gasteiger partial charge in [0.15, 0.2) is 0 Å². The molecule has 1 aliphatic rings. The maximum Gasteiger partial charge on any atom is 0.410 e. The van der Waals surface area contributed by atoms with E-state index in [1.807, 2.05) is 31.6 Å². The highest BCUT2D eigenvalue weighted by atomic mass is 32.2. The van der Waals surface area contributed by atoms with Crippen molar-refractivity contribution in [3.63, 3.8) is 0 Å². The zero-order valence-electron chi connectivity index (χ0n) is 21.2. The second-order valence-electron chi connectivity index (χ2n) is 10.1. The molecule has 0 unspecified atom stereocenters. The van der Waals surface area contributed by atoms with Gasteiger partial charge in [-0.15, -0.1) is 0 Å². The largest absolute Gasteiger partial charge is 0.444 e. The number of amides is 1. The molecule has 1 aromatic carbocycles. The number of pyridine rings is 1. The van der Waals surface area contributed by atoms with E-state index < -0.39 is 17.2 Å². The summed E-state index contributed by atoms with van der Waals surface area (Å²) >= 11 is 0.909. The first-order valence-electron chi connectivity index (χ1n) is 12.2. The van der Waals surface area contributed by atoms with E-state index in [0.717, 1.165) is 35.7 Å². The van der Waals surface area contributed by atoms with Crippen LogP contribution in [0.5, 0.6) is 0 Å². The number of ether oxygens (including phenoxy) is 1. The molecule has 4 aromatic rings. The Balaban J connectivity index is 1.46. The zero-order valence-corrected chi connectivity index (χ0v) is 22.0. The van der Waals surface area contributed by atoms with Gasteiger partial charge in [-0.05, 0) is 51.8 Å². The van der Waals surface area contributed by atoms with Gasteiger partial charge in [0.1, 0.15) is 23.3 Å². The van der Waals surface area contributed by atoms with Crippen molar-refractivity contribution in [3.05, 3.63) is 66.3 Å². The Hall–Kier alpha value is -3.91. The summed E-state index contributed by atoms with van der Waals surface area (Å²) in [7, 11) is 0. The van der Waals surface area contributed by atoms with Gasteiger partial charge < -0.3 is 9.64 Å². The molecule has 0 saturated carbocycles. The molecule has 0 spiro atoms. The number of halogens is 2. The third kappa shape index (κ3) is 5.22. The Labute approximate surface area is 222 Å². The molecule has 5 rings (SSSR count). The summed E-state index contributed by atoms with van der Waals surface area (Å²) in [5.41, 5.74) is 1.69. The highest BCUT2D eigenvalue weighted by Crippen LogP contribution is 2.38. The number of rotatable bonds is 4. The van der Waals surface area contributed by atoms with Gasteiger partial charge in [-0.25, -0.2) is 18.1 Å². The van der Waals surface area contributed by atoms with Crippen molar-refractivity contribution in [2.75, 3.05) is 13.1 Å². The molecule has 0 bridgehead atoms. The van der Waals surface area contributed by atoms with Crippen molar-refractivity contribution in [2.24, 2.45) is 0 Å². The van der Waals surface area contributed by atoms with Gasteiger partial charge in [-0.1, -0.05) is 17.8 Å². The van der Waals surface area contributed by atoms with Crippen molar-refractivity contribution >= 4 is 23.4 Å². The number of nitriles is 1. The zero-order chi connectivity index (χ0) is 27.0. The molecule has 1 amide bonds. The molecule has 1 atom stereocenters. The predicted molar refractivity (Wildman–Crippen MR) is 138 cm³/mol. The van der Waals surface area contributed by atoms with Crippen molar-refractivity contribution in [1.29, 1.82) is 5.26 Å². The molecule has 3 aromatic heterocycles. The first kappa shape index (κ1) is 25.7. The quantitative estimate of drug-likeness (QED) is 0.315. The number of piperidine rings is 1. The maximum atomic E-state index is 14.5. The van der Waals surface area contributed by atoms with Crippen LogP contribution < -0.4 is 0 Å². The number of nitrogens with zero attached hydrogens (tertiary/aromatic N) is 6. The molecular weight excluding hydrogens is 510 g/mol. The smallest absolute Gasteiger partial charge is 0.410 e. The SMILES string of the molecule is CC(C)(C)OC(=O)N1CCC[C@H](n2cc(-c3cc(Sc4c(F)cccc4F)c4c(C#N)cnn4c3)cn2)C1. The van der Waals surface area contributed by atoms with E-state index in [9.17, 15) is 18.8 Å². The van der Waals surface area contributed by atoms with E-state index in [2.05, 4.69) is 16.3 Å². The molecule has 8 nitrogen and oxygen atoms in total. The third-order valence-corrected chi connectivity index (χ3v) is 7.31. The van der Waals surface area contributed by atoms with Gasteiger partial charge in [0.25, 0.3) is 0 Å². The molecule has 0 radical (unpaired) electrons. The van der Waals surface area contributed by atoms with Crippen LogP contribution in [0.1, 0.15) is 45.2 Å². The summed E-state index contributed by atoms with van der Waals surface area (Å²) in [4.78, 5) is 14.6. The summed E-state index contributed by atoms with van der Waals surface area (Å²) < 4.78 is 37.8. The molecular formula is C27H26F2N6O2S. The number of aromatic nitrogens is 4. The van der Waals surface area contributed by atoms with Crippen LogP contribution in [-0.4, -0.2) is 49.1 Å². The van der Waals surface area contributed by atoms with Crippen LogP contribution in [0.4, 0.5) is 13.6 Å². The monoisotopic (exact) mass is 536 g/mol. The molecule has 0 aliphatic carbocycles. The lowest BCUT2D eigenvalue weighted by atomic mass is 10.1. The maximum absolute atomic E-state index is 14.5. The predicted octanol–water partition coefficient (Wildman–Crippen LogP) is 6.07. The Morgan fingerprint density at radius 1 is 1.16 bits per heavy atom. The minimum Gasteiger partial charge on any atom is -0.444 e. The highest BCUT2D eigenvalue weighted by Gasteiger charge is 2.29. The van der Waals surface area contributed by atoms with Crippen LogP contribution >= 0.6 is 11.8 Å². The van der Waals surface area contributed by atoms with Gasteiger partial charge in [0.05, 0.1) is 34.4 Å². The second kappa shape index (κ2) is 10.1. The number of carbonyl (C=O) groups is 1. The first-order chi connectivity index (χ1) is 18.1. The van der Waals surface area contributed by atoms with Crippen molar-refractivity contribution in [1.82, 2.24) is 24.3 Å². The number of likely N-dealkylation sites (tertiary alicyclic amines) is 1. The fourth-order valence-corrected chi connectivity index (χ4v) is 5.48. The van der Waals surface area contributed by atoms with Crippen molar-refractivity contribution < 1.29 is 18.3 Å². The summed E-state index contributed by atoms with van der Waals surface area (Å²) in [6.07, 6.45) is 8.12. The number of hydrogen-bond acceptors (Lipinski definition) is 6. The van der Waals surface area contributed by atoms with E-state index in [0.29, 0.717) is 29.1 Å². The summed E-state index contributed by atoms with van der Waals surface area (Å²) in [6, 6.07) is 7.56. The topological polar surface area (TPSA) is 88.5 Å². The molecule has 196 valence electrons. The Kier molecular flexibility index (Phi) is 6.84. The summed E-state index contributed by atoms with van der Waals surface area (Å²) in [6.45, 7) is 6.64. The normalized spacial score (nSPS) is 16.0. The molecule has 38 heavy (non-hydrogen) atoms. The highest BCUT2D eigenvalue weighted by molar-refractivity contribution is 7.99. The fourth-order valence-electron chi connectivity index (χ4n) is 4.44. The van der Waals surface area contributed by atoms with E-state index in [1.54, 1.807) is 23.4 Å². The molecule has 4 heterocycles. The molecule has 1 aliphatic heterocycles. The van der Waals surface area contributed by atoms with Gasteiger partial charge >= 0.3 is 6.09 Å². The lowest BCUT2D eigenvalue weighted by Crippen LogP contribution is -2.43. The van der Waals surface area contributed by atoms with E-state index >= 15 is 0 Å². The average molecular weight is 537 g/mol. The lowest BCUT2D eigenvalue weighted by molar-refractivity contribution is 0.0167. The van der Waals surface area contributed by atoms with Gasteiger partial charge in [0, 0.05) is 41.5 Å². The Morgan fingerprint density at radius 2 is 1.92 bits per heavy atom. The van der Waals surface area contributed by atoms with E-state index in [-0.39, 0.29) is 17.0 Å². The molecule has 0 N–H and O–H groups in total. The number of hydrogen-bond donors (Lipinski definition) is 0. The number of benzene rings is 1. The third-order valence-electron chi connectivity index (χ3n) is 6.19. The Morgan fingerprint density at radius 3 is 2.63 bits per heavy atom. The van der Waals surface area contributed by atoms with Crippen LogP contribution in [0.15, 0.2) is 58.8 Å². The Bertz CT molecular complexity index is 1530. The van der Waals surface area contributed by atoms with Crippen LogP contribution in [0.25, 0.3) is 16.6 Å². The van der Waals surface area contributed by atoms with Gasteiger partial charge in [0.2, 0.25) is 0 Å². The lowest BCUT2D eigenvalue weighted by Gasteiger charge is -2.34. The minimum atomic E-state index is -0.684. The first-order valence-corrected chi connectivity index (χ1v) is 13.0. The van der Waals surface area contributed by atoms with Crippen LogP contribution in [0.3, 0.4) is 0 Å². The van der Waals surface area contributed by atoms with Crippen LogP contribution in [-0.2, 0) is 4.74 Å². The summed E-state index contributed by atoms with van der Waals surface area (Å²) in [5.74, 6) is -1.37. The number of fused-ring (bicyclic) bond motifs is 1. The molecule has 1 saturated heterocycles. The van der Waals surface area contributed by atoms with Crippen LogP contribution in [0.2, 0.25) is 0 Å².